The minimum atomic E-state index is -0.674. The molecule has 0 spiro atoms. The standard InChI is InChI=1S/C30H33FN8O/c1-19-5-4-8-38(15-19)16-21-9-25(29(33)40)35-27-24(31)17-39(28(21)27)23-7-3-6-22(10-23)30(11-20(12-30)14-32)13-26-36-34-18-37(26)2/h3,6-7,9-10,17-20H,4-5,8,11-13,15-16H2,1-2H3,(H2,33,40)/t19-,20?,30?/m0/s1. The molecule has 1 saturated heterocycles. The highest BCUT2D eigenvalue weighted by molar-refractivity contribution is 5.94. The normalized spacial score (nSPS) is 23.1. The number of hydrogen-bond donors (Lipinski definition) is 1. The Labute approximate surface area is 232 Å². The number of piperidine rings is 1. The van der Waals surface area contributed by atoms with E-state index in [1.54, 1.807) is 12.4 Å². The van der Waals surface area contributed by atoms with E-state index in [0.29, 0.717) is 24.4 Å². The summed E-state index contributed by atoms with van der Waals surface area (Å²) in [7, 11) is 1.92. The van der Waals surface area contributed by atoms with Crippen LogP contribution in [0.4, 0.5) is 4.39 Å². The summed E-state index contributed by atoms with van der Waals surface area (Å²) in [6, 6.07) is 12.2. The Morgan fingerprint density at radius 3 is 2.83 bits per heavy atom. The number of halogens is 1. The highest BCUT2D eigenvalue weighted by Crippen LogP contribution is 2.50. The van der Waals surface area contributed by atoms with Crippen molar-refractivity contribution < 1.29 is 9.18 Å². The number of nitrogens with two attached hydrogens (primary N) is 1. The van der Waals surface area contributed by atoms with Crippen LogP contribution in [0.2, 0.25) is 0 Å². The predicted molar refractivity (Wildman–Crippen MR) is 148 cm³/mol. The van der Waals surface area contributed by atoms with Gasteiger partial charge in [0.15, 0.2) is 5.82 Å². The van der Waals surface area contributed by atoms with E-state index in [9.17, 15) is 10.1 Å². The first-order valence-electron chi connectivity index (χ1n) is 13.8. The Morgan fingerprint density at radius 1 is 1.30 bits per heavy atom. The van der Waals surface area contributed by atoms with Gasteiger partial charge in [0.1, 0.15) is 23.4 Å². The number of fused-ring (bicyclic) bond motifs is 1. The Hall–Kier alpha value is -4.10. The number of pyridine rings is 1. The van der Waals surface area contributed by atoms with Gasteiger partial charge in [-0.15, -0.1) is 10.2 Å². The third-order valence-corrected chi connectivity index (χ3v) is 8.66. The number of benzene rings is 1. The van der Waals surface area contributed by atoms with Crippen molar-refractivity contribution in [3.05, 3.63) is 71.3 Å². The molecular formula is C30H33FN8O. The summed E-state index contributed by atoms with van der Waals surface area (Å²) in [5.41, 5.74) is 8.89. The SMILES string of the molecule is C[C@H]1CCCN(Cc2cc(C(N)=O)nc3c(F)cn(-c4cccc(C5(Cc6nncn6C)CC(C#N)C5)c4)c23)C1. The monoisotopic (exact) mass is 540 g/mol. The number of likely N-dealkylation sites (tertiary alicyclic amines) is 1. The molecule has 4 heterocycles. The van der Waals surface area contributed by atoms with Gasteiger partial charge >= 0.3 is 0 Å². The topological polar surface area (TPSA) is 119 Å². The maximum absolute atomic E-state index is 15.5. The summed E-state index contributed by atoms with van der Waals surface area (Å²) in [5, 5.41) is 17.9. The first-order valence-corrected chi connectivity index (χ1v) is 13.8. The van der Waals surface area contributed by atoms with Crippen molar-refractivity contribution in [3.8, 4) is 11.8 Å². The van der Waals surface area contributed by atoms with E-state index >= 15 is 4.39 Å². The number of nitrogens with zero attached hydrogens (tertiary/aromatic N) is 7. The van der Waals surface area contributed by atoms with Gasteiger partial charge in [0, 0.05) is 49.8 Å². The number of aryl methyl sites for hydroxylation is 1. The molecule has 206 valence electrons. The molecule has 2 fully saturated rings. The minimum Gasteiger partial charge on any atom is -0.364 e. The number of aromatic nitrogens is 5. The summed E-state index contributed by atoms with van der Waals surface area (Å²) in [6.07, 6.45) is 7.53. The Bertz CT molecular complexity index is 1630. The molecule has 1 saturated carbocycles. The molecule has 0 bridgehead atoms. The highest BCUT2D eigenvalue weighted by atomic mass is 19.1. The second-order valence-corrected chi connectivity index (χ2v) is 11.7. The Morgan fingerprint density at radius 2 is 2.12 bits per heavy atom. The molecule has 10 heteroatoms. The first kappa shape index (κ1) is 26.1. The lowest BCUT2D eigenvalue weighted by Gasteiger charge is -2.45. The van der Waals surface area contributed by atoms with Gasteiger partial charge in [-0.05, 0) is 67.5 Å². The highest BCUT2D eigenvalue weighted by Gasteiger charge is 2.46. The zero-order valence-corrected chi connectivity index (χ0v) is 22.8. The van der Waals surface area contributed by atoms with Gasteiger partial charge < -0.3 is 14.9 Å². The third-order valence-electron chi connectivity index (χ3n) is 8.66. The van der Waals surface area contributed by atoms with Gasteiger partial charge in [0.05, 0.1) is 11.6 Å². The molecule has 2 aliphatic rings. The van der Waals surface area contributed by atoms with Crippen molar-refractivity contribution >= 4 is 16.9 Å². The maximum atomic E-state index is 15.5. The quantitative estimate of drug-likeness (QED) is 0.378. The molecule has 1 amide bonds. The molecule has 1 aliphatic carbocycles. The van der Waals surface area contributed by atoms with Crippen molar-refractivity contribution in [2.75, 3.05) is 13.1 Å². The second-order valence-electron chi connectivity index (χ2n) is 11.7. The lowest BCUT2D eigenvalue weighted by Crippen LogP contribution is -2.43. The van der Waals surface area contributed by atoms with Crippen LogP contribution in [0.15, 0.2) is 42.9 Å². The van der Waals surface area contributed by atoms with E-state index in [1.165, 1.54) is 12.6 Å². The summed E-state index contributed by atoms with van der Waals surface area (Å²) in [4.78, 5) is 18.8. The van der Waals surface area contributed by atoms with Crippen LogP contribution in [0.3, 0.4) is 0 Å². The summed E-state index contributed by atoms with van der Waals surface area (Å²) in [5.74, 6) is 0.245. The van der Waals surface area contributed by atoms with Crippen LogP contribution in [0.5, 0.6) is 0 Å². The molecule has 2 N–H and O–H groups in total. The van der Waals surface area contributed by atoms with E-state index in [2.05, 4.69) is 45.2 Å². The number of nitriles is 1. The number of amides is 1. The second kappa shape index (κ2) is 10.1. The van der Waals surface area contributed by atoms with Crippen molar-refractivity contribution in [1.82, 2.24) is 29.2 Å². The van der Waals surface area contributed by atoms with Gasteiger partial charge in [0.25, 0.3) is 5.91 Å². The maximum Gasteiger partial charge on any atom is 0.267 e. The molecule has 6 rings (SSSR count). The molecule has 1 aliphatic heterocycles. The van der Waals surface area contributed by atoms with Crippen LogP contribution in [0.1, 0.15) is 60.0 Å². The number of rotatable bonds is 7. The molecule has 9 nitrogen and oxygen atoms in total. The number of carbonyl (C=O) groups excluding carboxylic acids is 1. The smallest absolute Gasteiger partial charge is 0.267 e. The van der Waals surface area contributed by atoms with Gasteiger partial charge in [0.2, 0.25) is 0 Å². The molecule has 40 heavy (non-hydrogen) atoms. The zero-order valence-electron chi connectivity index (χ0n) is 22.8. The van der Waals surface area contributed by atoms with Crippen LogP contribution < -0.4 is 5.73 Å². The van der Waals surface area contributed by atoms with E-state index < -0.39 is 11.7 Å². The van der Waals surface area contributed by atoms with Crippen LogP contribution in [-0.2, 0) is 25.4 Å². The third kappa shape index (κ3) is 4.64. The number of primary amides is 1. The van der Waals surface area contributed by atoms with Crippen LogP contribution in [-0.4, -0.2) is 48.2 Å². The molecule has 0 radical (unpaired) electrons. The van der Waals surface area contributed by atoms with Crippen LogP contribution in [0.25, 0.3) is 16.7 Å². The average molecular weight is 541 g/mol. The van der Waals surface area contributed by atoms with Crippen LogP contribution >= 0.6 is 0 Å². The van der Waals surface area contributed by atoms with Crippen LogP contribution in [0, 0.1) is 29.0 Å². The number of carbonyl (C=O) groups is 1. The van der Waals surface area contributed by atoms with Crippen molar-refractivity contribution in [2.45, 2.75) is 51.0 Å². The van der Waals surface area contributed by atoms with E-state index in [1.807, 2.05) is 28.3 Å². The van der Waals surface area contributed by atoms with Gasteiger partial charge in [-0.25, -0.2) is 9.37 Å². The fourth-order valence-corrected chi connectivity index (χ4v) is 6.60. The summed E-state index contributed by atoms with van der Waals surface area (Å²) < 4.78 is 19.2. The molecular weight excluding hydrogens is 507 g/mol. The summed E-state index contributed by atoms with van der Waals surface area (Å²) >= 11 is 0. The average Bonchev–Trinajstić information content (AvgIpc) is 3.48. The largest absolute Gasteiger partial charge is 0.364 e. The van der Waals surface area contributed by atoms with Gasteiger partial charge in [-0.2, -0.15) is 5.26 Å². The molecule has 3 aromatic heterocycles. The molecule has 1 atom stereocenters. The van der Waals surface area contributed by atoms with Crippen molar-refractivity contribution in [1.29, 1.82) is 5.26 Å². The predicted octanol–water partition coefficient (Wildman–Crippen LogP) is 4.04. The van der Waals surface area contributed by atoms with E-state index in [-0.39, 0.29) is 22.5 Å². The van der Waals surface area contributed by atoms with Gasteiger partial charge in [-0.1, -0.05) is 19.1 Å². The first-order chi connectivity index (χ1) is 19.3. The fourth-order valence-electron chi connectivity index (χ4n) is 6.60. The van der Waals surface area contributed by atoms with E-state index in [4.69, 9.17) is 5.73 Å². The Kier molecular flexibility index (Phi) is 6.62. The molecule has 4 aromatic rings. The zero-order chi connectivity index (χ0) is 28.0. The van der Waals surface area contributed by atoms with Crippen molar-refractivity contribution in [3.63, 3.8) is 0 Å². The lowest BCUT2D eigenvalue weighted by atomic mass is 9.57. The van der Waals surface area contributed by atoms with Crippen molar-refractivity contribution in [2.24, 2.45) is 24.6 Å². The Balaban J connectivity index is 1.44. The van der Waals surface area contributed by atoms with Gasteiger partial charge in [-0.3, -0.25) is 9.69 Å². The fraction of sp³-hybridized carbons (Fsp3) is 0.433. The number of hydrogen-bond acceptors (Lipinski definition) is 6. The lowest BCUT2D eigenvalue weighted by molar-refractivity contribution is 0.0995. The minimum absolute atomic E-state index is 0.0169. The van der Waals surface area contributed by atoms with E-state index in [0.717, 1.165) is 55.0 Å². The summed E-state index contributed by atoms with van der Waals surface area (Å²) in [6.45, 7) is 4.71. The molecule has 0 unspecified atom stereocenters. The molecule has 1 aromatic carbocycles.